The lowest BCUT2D eigenvalue weighted by Gasteiger charge is -2.30. The molecular formula is C16H26N2O. The molecule has 3 nitrogen and oxygen atoms in total. The van der Waals surface area contributed by atoms with Crippen LogP contribution in [0.4, 0.5) is 0 Å². The van der Waals surface area contributed by atoms with E-state index in [1.165, 1.54) is 37.8 Å². The second kappa shape index (κ2) is 7.51. The van der Waals surface area contributed by atoms with Crippen molar-refractivity contribution in [3.63, 3.8) is 0 Å². The third-order valence-corrected chi connectivity index (χ3v) is 3.77. The fourth-order valence-corrected chi connectivity index (χ4v) is 2.80. The predicted octanol–water partition coefficient (Wildman–Crippen LogP) is 2.75. The number of piperidine rings is 1. The van der Waals surface area contributed by atoms with Gasteiger partial charge in [0.05, 0.1) is 0 Å². The highest BCUT2D eigenvalue weighted by Gasteiger charge is 2.16. The van der Waals surface area contributed by atoms with E-state index in [0.717, 1.165) is 19.6 Å². The maximum Gasteiger partial charge on any atom is 0.115 e. The Hall–Kier alpha value is -1.06. The number of nitrogens with zero attached hydrogens (tertiary/aromatic N) is 1. The largest absolute Gasteiger partial charge is 0.508 e. The molecule has 0 radical (unpaired) electrons. The molecule has 0 saturated carbocycles. The summed E-state index contributed by atoms with van der Waals surface area (Å²) in [7, 11) is 0. The third-order valence-electron chi connectivity index (χ3n) is 3.77. The molecule has 1 aromatic rings. The van der Waals surface area contributed by atoms with Crippen LogP contribution in [0.2, 0.25) is 0 Å². The van der Waals surface area contributed by atoms with E-state index in [9.17, 15) is 5.11 Å². The fourth-order valence-electron chi connectivity index (χ4n) is 2.80. The summed E-state index contributed by atoms with van der Waals surface area (Å²) in [5.41, 5.74) is 1.28. The normalized spacial score (nSPS) is 19.8. The number of hydrogen-bond donors (Lipinski definition) is 2. The Bertz CT molecular complexity index is 358. The smallest absolute Gasteiger partial charge is 0.115 e. The van der Waals surface area contributed by atoms with Crippen LogP contribution in [0.3, 0.4) is 0 Å². The van der Waals surface area contributed by atoms with Gasteiger partial charge in [-0.2, -0.15) is 0 Å². The van der Waals surface area contributed by atoms with Crippen molar-refractivity contribution in [1.29, 1.82) is 0 Å². The van der Waals surface area contributed by atoms with Crippen LogP contribution in [0.15, 0.2) is 24.3 Å². The van der Waals surface area contributed by atoms with Crippen LogP contribution >= 0.6 is 0 Å². The number of aromatic hydroxyl groups is 1. The highest BCUT2D eigenvalue weighted by atomic mass is 16.3. The van der Waals surface area contributed by atoms with E-state index < -0.39 is 0 Å². The summed E-state index contributed by atoms with van der Waals surface area (Å²) in [6.07, 6.45) is 5.17. The average molecular weight is 262 g/mol. The van der Waals surface area contributed by atoms with Crippen LogP contribution in [0.5, 0.6) is 5.75 Å². The third kappa shape index (κ3) is 4.84. The van der Waals surface area contributed by atoms with Crippen LogP contribution in [0.1, 0.15) is 38.2 Å². The van der Waals surface area contributed by atoms with Crippen LogP contribution in [-0.2, 0) is 6.54 Å². The molecule has 1 atom stereocenters. The molecule has 1 aliphatic rings. The Morgan fingerprint density at radius 2 is 2.05 bits per heavy atom. The molecule has 0 aliphatic carbocycles. The quantitative estimate of drug-likeness (QED) is 0.827. The summed E-state index contributed by atoms with van der Waals surface area (Å²) in [6, 6.07) is 8.24. The minimum Gasteiger partial charge on any atom is -0.508 e. The van der Waals surface area contributed by atoms with E-state index >= 15 is 0 Å². The molecule has 1 saturated heterocycles. The SMILES string of the molecule is CCCN(Cc1ccc(O)cc1)CC1CCCCN1. The topological polar surface area (TPSA) is 35.5 Å². The van der Waals surface area contributed by atoms with Crippen molar-refractivity contribution in [2.24, 2.45) is 0 Å². The summed E-state index contributed by atoms with van der Waals surface area (Å²) in [6.45, 7) is 6.65. The zero-order valence-electron chi connectivity index (χ0n) is 11.9. The lowest BCUT2D eigenvalue weighted by molar-refractivity contribution is 0.217. The lowest BCUT2D eigenvalue weighted by atomic mass is 10.0. The van der Waals surface area contributed by atoms with Gasteiger partial charge in [0, 0.05) is 19.1 Å². The minimum absolute atomic E-state index is 0.347. The van der Waals surface area contributed by atoms with Gasteiger partial charge in [-0.3, -0.25) is 4.90 Å². The first kappa shape index (κ1) is 14.4. The Morgan fingerprint density at radius 3 is 2.68 bits per heavy atom. The number of phenols is 1. The minimum atomic E-state index is 0.347. The highest BCUT2D eigenvalue weighted by Crippen LogP contribution is 2.14. The van der Waals surface area contributed by atoms with Crippen molar-refractivity contribution >= 4 is 0 Å². The van der Waals surface area contributed by atoms with Gasteiger partial charge in [-0.15, -0.1) is 0 Å². The molecule has 3 heteroatoms. The van der Waals surface area contributed by atoms with Gasteiger partial charge in [0.1, 0.15) is 5.75 Å². The Morgan fingerprint density at radius 1 is 1.26 bits per heavy atom. The molecule has 19 heavy (non-hydrogen) atoms. The average Bonchev–Trinajstić information content (AvgIpc) is 2.43. The van der Waals surface area contributed by atoms with E-state index in [-0.39, 0.29) is 0 Å². The molecule has 0 bridgehead atoms. The first-order valence-electron chi connectivity index (χ1n) is 7.51. The Balaban J connectivity index is 1.89. The van der Waals surface area contributed by atoms with Crippen molar-refractivity contribution in [3.05, 3.63) is 29.8 Å². The summed E-state index contributed by atoms with van der Waals surface area (Å²) >= 11 is 0. The first-order chi connectivity index (χ1) is 9.28. The van der Waals surface area contributed by atoms with Gasteiger partial charge in [0.2, 0.25) is 0 Å². The van der Waals surface area contributed by atoms with E-state index in [1.807, 2.05) is 12.1 Å². The first-order valence-corrected chi connectivity index (χ1v) is 7.51. The van der Waals surface area contributed by atoms with Crippen LogP contribution in [-0.4, -0.2) is 35.7 Å². The zero-order valence-corrected chi connectivity index (χ0v) is 11.9. The molecule has 2 N–H and O–H groups in total. The zero-order chi connectivity index (χ0) is 13.5. The maximum absolute atomic E-state index is 9.33. The predicted molar refractivity (Wildman–Crippen MR) is 79.3 cm³/mol. The molecule has 1 aromatic carbocycles. The molecule has 2 rings (SSSR count). The molecule has 0 amide bonds. The molecule has 1 unspecified atom stereocenters. The number of rotatable bonds is 6. The van der Waals surface area contributed by atoms with Crippen molar-refractivity contribution in [3.8, 4) is 5.75 Å². The van der Waals surface area contributed by atoms with E-state index in [2.05, 4.69) is 17.1 Å². The van der Waals surface area contributed by atoms with Gasteiger partial charge < -0.3 is 10.4 Å². The number of phenolic OH excluding ortho intramolecular Hbond substituents is 1. The molecule has 1 heterocycles. The van der Waals surface area contributed by atoms with Crippen LogP contribution in [0, 0.1) is 0 Å². The highest BCUT2D eigenvalue weighted by molar-refractivity contribution is 5.25. The number of benzene rings is 1. The summed E-state index contributed by atoms with van der Waals surface area (Å²) in [5.74, 6) is 0.347. The van der Waals surface area contributed by atoms with E-state index in [0.29, 0.717) is 11.8 Å². The fraction of sp³-hybridized carbons (Fsp3) is 0.625. The van der Waals surface area contributed by atoms with Gasteiger partial charge in [0.25, 0.3) is 0 Å². The van der Waals surface area contributed by atoms with Crippen LogP contribution < -0.4 is 5.32 Å². The second-order valence-corrected chi connectivity index (χ2v) is 5.55. The Labute approximate surface area is 116 Å². The van der Waals surface area contributed by atoms with Gasteiger partial charge in [0.15, 0.2) is 0 Å². The van der Waals surface area contributed by atoms with Gasteiger partial charge >= 0.3 is 0 Å². The number of hydrogen-bond acceptors (Lipinski definition) is 3. The summed E-state index contributed by atoms with van der Waals surface area (Å²) in [4.78, 5) is 2.52. The molecule has 1 fully saturated rings. The molecule has 0 spiro atoms. The van der Waals surface area contributed by atoms with Gasteiger partial charge in [-0.05, 0) is 50.0 Å². The summed E-state index contributed by atoms with van der Waals surface area (Å²) in [5, 5.41) is 13.0. The van der Waals surface area contributed by atoms with Crippen molar-refractivity contribution in [1.82, 2.24) is 10.2 Å². The second-order valence-electron chi connectivity index (χ2n) is 5.55. The van der Waals surface area contributed by atoms with Crippen LogP contribution in [0.25, 0.3) is 0 Å². The standard InChI is InChI=1S/C16H26N2O/c1-2-11-18(13-15-5-3-4-10-17-15)12-14-6-8-16(19)9-7-14/h6-9,15,17,19H,2-5,10-13H2,1H3. The molecule has 106 valence electrons. The van der Waals surface area contributed by atoms with E-state index in [4.69, 9.17) is 0 Å². The number of nitrogens with one attached hydrogen (secondary N) is 1. The van der Waals surface area contributed by atoms with Gasteiger partial charge in [-0.25, -0.2) is 0 Å². The van der Waals surface area contributed by atoms with Crippen molar-refractivity contribution in [2.75, 3.05) is 19.6 Å². The molecule has 0 aromatic heterocycles. The molecular weight excluding hydrogens is 236 g/mol. The monoisotopic (exact) mass is 262 g/mol. The summed E-state index contributed by atoms with van der Waals surface area (Å²) < 4.78 is 0. The lowest BCUT2D eigenvalue weighted by Crippen LogP contribution is -2.43. The maximum atomic E-state index is 9.33. The van der Waals surface area contributed by atoms with Gasteiger partial charge in [-0.1, -0.05) is 25.5 Å². The van der Waals surface area contributed by atoms with E-state index in [1.54, 1.807) is 12.1 Å². The van der Waals surface area contributed by atoms with Crippen molar-refractivity contribution < 1.29 is 5.11 Å². The van der Waals surface area contributed by atoms with Crippen molar-refractivity contribution in [2.45, 2.75) is 45.2 Å². The molecule has 1 aliphatic heterocycles. The Kier molecular flexibility index (Phi) is 5.67.